The first-order valence-corrected chi connectivity index (χ1v) is 7.97. The molecule has 0 aromatic heterocycles. The molecular weight excluding hydrogens is 275 g/mol. The van der Waals surface area contributed by atoms with Gasteiger partial charge in [-0.15, -0.1) is 0 Å². The van der Waals surface area contributed by atoms with Gasteiger partial charge in [-0.05, 0) is 42.5 Å². The molecule has 1 aliphatic rings. The van der Waals surface area contributed by atoms with Gasteiger partial charge in [0.05, 0.1) is 0 Å². The quantitative estimate of drug-likeness (QED) is 0.485. The maximum Gasteiger partial charge on any atom is 0.123 e. The molecule has 20 heavy (non-hydrogen) atoms. The van der Waals surface area contributed by atoms with Crippen molar-refractivity contribution in [3.63, 3.8) is 0 Å². The fourth-order valence-electron chi connectivity index (χ4n) is 3.18. The van der Waals surface area contributed by atoms with Crippen molar-refractivity contribution in [2.45, 2.75) is 57.4 Å². The Hall–Kier alpha value is -0.640. The van der Waals surface area contributed by atoms with Crippen LogP contribution in [0.15, 0.2) is 18.2 Å². The Morgan fingerprint density at radius 2 is 1.95 bits per heavy atom. The Labute approximate surface area is 125 Å². The van der Waals surface area contributed by atoms with Crippen molar-refractivity contribution in [2.24, 2.45) is 11.8 Å². The molecular formula is C16H24ClFN2. The van der Waals surface area contributed by atoms with Gasteiger partial charge >= 0.3 is 0 Å². The largest absolute Gasteiger partial charge is 0.271 e. The first kappa shape index (κ1) is 15.7. The summed E-state index contributed by atoms with van der Waals surface area (Å²) in [5.41, 5.74) is 3.72. The third-order valence-corrected chi connectivity index (χ3v) is 4.67. The van der Waals surface area contributed by atoms with E-state index in [9.17, 15) is 4.39 Å². The van der Waals surface area contributed by atoms with Crippen molar-refractivity contribution in [2.75, 3.05) is 0 Å². The lowest BCUT2D eigenvalue weighted by Gasteiger charge is -2.22. The molecule has 1 atom stereocenters. The van der Waals surface area contributed by atoms with Gasteiger partial charge in [-0.25, -0.2) is 4.39 Å². The second kappa shape index (κ2) is 7.96. The van der Waals surface area contributed by atoms with Crippen LogP contribution in [0.4, 0.5) is 4.39 Å². The molecule has 112 valence electrons. The number of benzene rings is 1. The predicted octanol–water partition coefficient (Wildman–Crippen LogP) is 4.21. The number of halogens is 2. The Balaban J connectivity index is 1.95. The Morgan fingerprint density at radius 1 is 1.25 bits per heavy atom. The van der Waals surface area contributed by atoms with Crippen LogP contribution in [0.1, 0.15) is 50.5 Å². The monoisotopic (exact) mass is 298 g/mol. The van der Waals surface area contributed by atoms with Crippen LogP contribution in [-0.2, 0) is 6.42 Å². The summed E-state index contributed by atoms with van der Waals surface area (Å²) in [6, 6.07) is 4.69. The molecule has 0 aliphatic heterocycles. The standard InChI is InChI=1S/C16H24ClFN2/c17-16-8-7-14(18)10-13(16)11-15(20-19)9-12-5-3-1-2-4-6-12/h7-8,10,12,15,20H,1-6,9,11,19H2. The Kier molecular flexibility index (Phi) is 6.27. The van der Waals surface area contributed by atoms with Gasteiger partial charge in [-0.3, -0.25) is 11.3 Å². The zero-order valence-corrected chi connectivity index (χ0v) is 12.6. The summed E-state index contributed by atoms with van der Waals surface area (Å²) in [4.78, 5) is 0. The van der Waals surface area contributed by atoms with E-state index in [1.165, 1.54) is 50.7 Å². The van der Waals surface area contributed by atoms with E-state index in [-0.39, 0.29) is 11.9 Å². The van der Waals surface area contributed by atoms with Crippen LogP contribution < -0.4 is 11.3 Å². The number of hydrazine groups is 1. The van der Waals surface area contributed by atoms with Crippen LogP contribution in [0.3, 0.4) is 0 Å². The van der Waals surface area contributed by atoms with E-state index in [1.54, 1.807) is 6.07 Å². The van der Waals surface area contributed by atoms with Gasteiger partial charge in [-0.1, -0.05) is 50.1 Å². The molecule has 1 aliphatic carbocycles. The fraction of sp³-hybridized carbons (Fsp3) is 0.625. The summed E-state index contributed by atoms with van der Waals surface area (Å²) >= 11 is 6.13. The van der Waals surface area contributed by atoms with Crippen LogP contribution in [-0.4, -0.2) is 6.04 Å². The number of nitrogens with two attached hydrogens (primary N) is 1. The summed E-state index contributed by atoms with van der Waals surface area (Å²) < 4.78 is 13.3. The molecule has 1 fully saturated rings. The fourth-order valence-corrected chi connectivity index (χ4v) is 3.37. The van der Waals surface area contributed by atoms with Crippen LogP contribution in [0, 0.1) is 11.7 Å². The highest BCUT2D eigenvalue weighted by Crippen LogP contribution is 2.28. The maximum absolute atomic E-state index is 13.3. The zero-order valence-electron chi connectivity index (χ0n) is 11.9. The summed E-state index contributed by atoms with van der Waals surface area (Å²) in [5.74, 6) is 6.16. The van der Waals surface area contributed by atoms with Gasteiger partial charge in [0, 0.05) is 11.1 Å². The first-order valence-electron chi connectivity index (χ1n) is 7.59. The molecule has 2 nitrogen and oxygen atoms in total. The second-order valence-electron chi connectivity index (χ2n) is 5.90. The summed E-state index contributed by atoms with van der Waals surface area (Å²) in [5, 5.41) is 0.618. The molecule has 1 saturated carbocycles. The van der Waals surface area contributed by atoms with Crippen LogP contribution >= 0.6 is 11.6 Å². The molecule has 1 aromatic carbocycles. The minimum atomic E-state index is -0.241. The van der Waals surface area contributed by atoms with Gasteiger partial charge in [0.15, 0.2) is 0 Å². The molecule has 3 N–H and O–H groups in total. The first-order chi connectivity index (χ1) is 9.69. The van der Waals surface area contributed by atoms with Gasteiger partial charge in [-0.2, -0.15) is 0 Å². The minimum absolute atomic E-state index is 0.164. The summed E-state index contributed by atoms with van der Waals surface area (Å²) in [6.07, 6.45) is 9.66. The lowest BCUT2D eigenvalue weighted by molar-refractivity contribution is 0.352. The number of hydrogen-bond donors (Lipinski definition) is 2. The van der Waals surface area contributed by atoms with Crippen molar-refractivity contribution in [1.29, 1.82) is 0 Å². The highest BCUT2D eigenvalue weighted by molar-refractivity contribution is 6.31. The van der Waals surface area contributed by atoms with Crippen molar-refractivity contribution < 1.29 is 4.39 Å². The van der Waals surface area contributed by atoms with E-state index < -0.39 is 0 Å². The number of nitrogens with one attached hydrogen (secondary N) is 1. The molecule has 1 unspecified atom stereocenters. The zero-order chi connectivity index (χ0) is 14.4. The third kappa shape index (κ3) is 4.72. The van der Waals surface area contributed by atoms with Crippen molar-refractivity contribution in [1.82, 2.24) is 5.43 Å². The molecule has 0 amide bonds. The van der Waals surface area contributed by atoms with Gasteiger partial charge in [0.1, 0.15) is 5.82 Å². The lowest BCUT2D eigenvalue weighted by atomic mass is 9.90. The molecule has 4 heteroatoms. The summed E-state index contributed by atoms with van der Waals surface area (Å²) in [6.45, 7) is 0. The van der Waals surface area contributed by atoms with Gasteiger partial charge < -0.3 is 0 Å². The maximum atomic E-state index is 13.3. The summed E-state index contributed by atoms with van der Waals surface area (Å²) in [7, 11) is 0. The van der Waals surface area contributed by atoms with Crippen molar-refractivity contribution in [3.8, 4) is 0 Å². The molecule has 0 heterocycles. The van der Waals surface area contributed by atoms with E-state index in [4.69, 9.17) is 17.4 Å². The minimum Gasteiger partial charge on any atom is -0.271 e. The lowest BCUT2D eigenvalue weighted by Crippen LogP contribution is -2.38. The van der Waals surface area contributed by atoms with E-state index >= 15 is 0 Å². The average molecular weight is 299 g/mol. The van der Waals surface area contributed by atoms with Gasteiger partial charge in [0.2, 0.25) is 0 Å². The second-order valence-corrected chi connectivity index (χ2v) is 6.30. The predicted molar refractivity (Wildman–Crippen MR) is 82.0 cm³/mol. The average Bonchev–Trinajstić information content (AvgIpc) is 2.70. The Morgan fingerprint density at radius 3 is 2.60 bits per heavy atom. The Bertz CT molecular complexity index is 417. The highest BCUT2D eigenvalue weighted by Gasteiger charge is 2.18. The molecule has 0 spiro atoms. The van der Waals surface area contributed by atoms with Crippen LogP contribution in [0.5, 0.6) is 0 Å². The van der Waals surface area contributed by atoms with Gasteiger partial charge in [0.25, 0.3) is 0 Å². The number of hydrogen-bond acceptors (Lipinski definition) is 2. The van der Waals surface area contributed by atoms with E-state index in [1.807, 2.05) is 0 Å². The van der Waals surface area contributed by atoms with Crippen LogP contribution in [0.2, 0.25) is 5.02 Å². The SMILES string of the molecule is NNC(Cc1cc(F)ccc1Cl)CC1CCCCCC1. The molecule has 0 bridgehead atoms. The smallest absolute Gasteiger partial charge is 0.123 e. The van der Waals surface area contributed by atoms with Crippen molar-refractivity contribution in [3.05, 3.63) is 34.6 Å². The van der Waals surface area contributed by atoms with E-state index in [0.717, 1.165) is 17.9 Å². The molecule has 1 aromatic rings. The molecule has 0 radical (unpaired) electrons. The van der Waals surface area contributed by atoms with Crippen molar-refractivity contribution >= 4 is 11.6 Å². The van der Waals surface area contributed by atoms with E-state index in [0.29, 0.717) is 11.4 Å². The van der Waals surface area contributed by atoms with E-state index in [2.05, 4.69) is 5.43 Å². The normalized spacial score (nSPS) is 18.8. The highest BCUT2D eigenvalue weighted by atomic mass is 35.5. The molecule has 2 rings (SSSR count). The molecule has 0 saturated heterocycles. The topological polar surface area (TPSA) is 38.0 Å². The number of rotatable bonds is 5. The third-order valence-electron chi connectivity index (χ3n) is 4.30. The van der Waals surface area contributed by atoms with Crippen LogP contribution in [0.25, 0.3) is 0 Å².